The molecule has 0 aliphatic carbocycles. The topological polar surface area (TPSA) is 85.9 Å². The Kier molecular flexibility index (Phi) is 4.59. The highest BCUT2D eigenvalue weighted by Gasteiger charge is 2.17. The summed E-state index contributed by atoms with van der Waals surface area (Å²) >= 11 is 0. The number of nitrogens with one attached hydrogen (secondary N) is 1. The minimum absolute atomic E-state index is 0.0994. The predicted octanol–water partition coefficient (Wildman–Crippen LogP) is 1.87. The van der Waals surface area contributed by atoms with Crippen LogP contribution in [0.15, 0.2) is 24.4 Å². The van der Waals surface area contributed by atoms with Crippen LogP contribution in [-0.4, -0.2) is 26.0 Å². The summed E-state index contributed by atoms with van der Waals surface area (Å²) in [5.41, 5.74) is 0.404. The Morgan fingerprint density at radius 3 is 2.90 bits per heavy atom. The number of aromatic nitrogens is 3. The molecule has 0 aliphatic rings. The standard InChI is InChI=1S/C13H16FN5O2/c1-9(2)15-6-11-8-18(17-16-11)7-10-4-3-5-12(13(10)14)19(20)21/h3-5,8-9,15H,6-7H2,1-2H3. The normalized spacial score (nSPS) is 11.0. The van der Waals surface area contributed by atoms with E-state index in [0.29, 0.717) is 12.6 Å². The van der Waals surface area contributed by atoms with Crippen molar-refractivity contribution in [2.45, 2.75) is 33.0 Å². The number of halogens is 1. The number of benzene rings is 1. The number of rotatable bonds is 6. The summed E-state index contributed by atoms with van der Waals surface area (Å²) in [6.45, 7) is 4.70. The average molecular weight is 293 g/mol. The lowest BCUT2D eigenvalue weighted by Crippen LogP contribution is -2.21. The van der Waals surface area contributed by atoms with Gasteiger partial charge in [-0.2, -0.15) is 4.39 Å². The van der Waals surface area contributed by atoms with E-state index in [9.17, 15) is 14.5 Å². The summed E-state index contributed by atoms with van der Waals surface area (Å²) in [7, 11) is 0. The van der Waals surface area contributed by atoms with E-state index in [2.05, 4.69) is 15.6 Å². The first-order valence-corrected chi connectivity index (χ1v) is 6.51. The van der Waals surface area contributed by atoms with E-state index in [4.69, 9.17) is 0 Å². The lowest BCUT2D eigenvalue weighted by Gasteiger charge is -2.04. The third kappa shape index (κ3) is 3.82. The summed E-state index contributed by atoms with van der Waals surface area (Å²) in [5, 5.41) is 21.8. The van der Waals surface area contributed by atoms with Crippen molar-refractivity contribution in [1.29, 1.82) is 0 Å². The molecule has 8 heteroatoms. The summed E-state index contributed by atoms with van der Waals surface area (Å²) in [6.07, 6.45) is 1.69. The maximum Gasteiger partial charge on any atom is 0.305 e. The van der Waals surface area contributed by atoms with Crippen molar-refractivity contribution in [3.05, 3.63) is 51.6 Å². The van der Waals surface area contributed by atoms with Crippen LogP contribution in [-0.2, 0) is 13.1 Å². The quantitative estimate of drug-likeness (QED) is 0.649. The highest BCUT2D eigenvalue weighted by Crippen LogP contribution is 2.20. The lowest BCUT2D eigenvalue weighted by atomic mass is 10.2. The van der Waals surface area contributed by atoms with Crippen LogP contribution in [0.4, 0.5) is 10.1 Å². The Morgan fingerprint density at radius 2 is 2.24 bits per heavy atom. The van der Waals surface area contributed by atoms with Gasteiger partial charge in [0, 0.05) is 24.2 Å². The molecule has 0 aliphatic heterocycles. The molecule has 0 amide bonds. The fourth-order valence-electron chi connectivity index (χ4n) is 1.81. The predicted molar refractivity (Wildman–Crippen MR) is 74.2 cm³/mol. The van der Waals surface area contributed by atoms with Gasteiger partial charge in [0.2, 0.25) is 5.82 Å². The van der Waals surface area contributed by atoms with Crippen LogP contribution < -0.4 is 5.32 Å². The average Bonchev–Trinajstić information content (AvgIpc) is 2.86. The maximum atomic E-state index is 14.0. The molecule has 7 nitrogen and oxygen atoms in total. The van der Waals surface area contributed by atoms with Crippen molar-refractivity contribution in [1.82, 2.24) is 20.3 Å². The lowest BCUT2D eigenvalue weighted by molar-refractivity contribution is -0.387. The first kappa shape index (κ1) is 15.0. The first-order chi connectivity index (χ1) is 9.97. The van der Waals surface area contributed by atoms with Gasteiger partial charge >= 0.3 is 5.69 Å². The molecule has 0 saturated carbocycles. The monoisotopic (exact) mass is 293 g/mol. The summed E-state index contributed by atoms with van der Waals surface area (Å²) in [5.74, 6) is -0.833. The van der Waals surface area contributed by atoms with E-state index in [0.717, 1.165) is 11.8 Å². The van der Waals surface area contributed by atoms with Crippen molar-refractivity contribution < 1.29 is 9.31 Å². The Bertz CT molecular complexity index is 641. The van der Waals surface area contributed by atoms with E-state index in [-0.39, 0.29) is 12.1 Å². The molecular formula is C13H16FN5O2. The van der Waals surface area contributed by atoms with Crippen molar-refractivity contribution >= 4 is 5.69 Å². The van der Waals surface area contributed by atoms with Crippen LogP contribution in [0.3, 0.4) is 0 Å². The van der Waals surface area contributed by atoms with Crippen molar-refractivity contribution in [2.24, 2.45) is 0 Å². The number of hydrogen-bond donors (Lipinski definition) is 1. The zero-order valence-corrected chi connectivity index (χ0v) is 11.8. The van der Waals surface area contributed by atoms with Gasteiger partial charge in [0.15, 0.2) is 0 Å². The van der Waals surface area contributed by atoms with Gasteiger partial charge in [0.05, 0.1) is 23.4 Å². The van der Waals surface area contributed by atoms with Crippen molar-refractivity contribution in [3.63, 3.8) is 0 Å². The van der Waals surface area contributed by atoms with Crippen LogP contribution in [0, 0.1) is 15.9 Å². The smallest absolute Gasteiger partial charge is 0.305 e. The van der Waals surface area contributed by atoms with E-state index in [1.165, 1.54) is 16.8 Å². The molecule has 0 atom stereocenters. The number of nitro groups is 1. The molecule has 1 N–H and O–H groups in total. The molecule has 0 radical (unpaired) electrons. The molecule has 2 aromatic rings. The van der Waals surface area contributed by atoms with Gasteiger partial charge < -0.3 is 5.32 Å². The summed E-state index contributed by atoms with van der Waals surface area (Å²) in [6, 6.07) is 4.41. The van der Waals surface area contributed by atoms with Crippen LogP contribution in [0.2, 0.25) is 0 Å². The van der Waals surface area contributed by atoms with Crippen LogP contribution in [0.5, 0.6) is 0 Å². The zero-order chi connectivity index (χ0) is 15.4. The maximum absolute atomic E-state index is 14.0. The second kappa shape index (κ2) is 6.40. The van der Waals surface area contributed by atoms with E-state index < -0.39 is 16.4 Å². The van der Waals surface area contributed by atoms with E-state index in [1.54, 1.807) is 6.20 Å². The first-order valence-electron chi connectivity index (χ1n) is 6.51. The zero-order valence-electron chi connectivity index (χ0n) is 11.8. The Morgan fingerprint density at radius 1 is 1.48 bits per heavy atom. The minimum atomic E-state index is -0.833. The van der Waals surface area contributed by atoms with Crippen LogP contribution >= 0.6 is 0 Å². The third-order valence-electron chi connectivity index (χ3n) is 2.86. The highest BCUT2D eigenvalue weighted by atomic mass is 19.1. The molecule has 0 unspecified atom stereocenters. The fraction of sp³-hybridized carbons (Fsp3) is 0.385. The second-order valence-corrected chi connectivity index (χ2v) is 4.95. The summed E-state index contributed by atoms with van der Waals surface area (Å²) < 4.78 is 15.4. The molecule has 1 heterocycles. The van der Waals surface area contributed by atoms with E-state index >= 15 is 0 Å². The molecule has 1 aromatic heterocycles. The number of nitrogens with zero attached hydrogens (tertiary/aromatic N) is 4. The second-order valence-electron chi connectivity index (χ2n) is 4.95. The molecule has 21 heavy (non-hydrogen) atoms. The minimum Gasteiger partial charge on any atom is -0.309 e. The van der Waals surface area contributed by atoms with E-state index in [1.807, 2.05) is 13.8 Å². The van der Waals surface area contributed by atoms with Gasteiger partial charge in [-0.25, -0.2) is 4.68 Å². The molecule has 0 fully saturated rings. The Balaban J connectivity index is 2.12. The van der Waals surface area contributed by atoms with Gasteiger partial charge in [0.25, 0.3) is 0 Å². The molecule has 0 spiro atoms. The Hall–Kier alpha value is -2.35. The van der Waals surface area contributed by atoms with Gasteiger partial charge in [0.1, 0.15) is 0 Å². The number of hydrogen-bond acceptors (Lipinski definition) is 5. The molecule has 0 bridgehead atoms. The Labute approximate surface area is 120 Å². The van der Waals surface area contributed by atoms with Crippen molar-refractivity contribution in [3.8, 4) is 0 Å². The van der Waals surface area contributed by atoms with Gasteiger partial charge in [-0.05, 0) is 0 Å². The van der Waals surface area contributed by atoms with Gasteiger partial charge in [-0.15, -0.1) is 5.10 Å². The molecular weight excluding hydrogens is 277 g/mol. The fourth-order valence-corrected chi connectivity index (χ4v) is 1.81. The molecule has 0 saturated heterocycles. The molecule has 112 valence electrons. The summed E-state index contributed by atoms with van der Waals surface area (Å²) in [4.78, 5) is 9.96. The largest absolute Gasteiger partial charge is 0.309 e. The van der Waals surface area contributed by atoms with Crippen molar-refractivity contribution in [2.75, 3.05) is 0 Å². The highest BCUT2D eigenvalue weighted by molar-refractivity contribution is 5.36. The SMILES string of the molecule is CC(C)NCc1cn(Cc2cccc([N+](=O)[O-])c2F)nn1. The van der Waals surface area contributed by atoms with Crippen LogP contribution in [0.1, 0.15) is 25.1 Å². The van der Waals surface area contributed by atoms with Crippen LogP contribution in [0.25, 0.3) is 0 Å². The van der Waals surface area contributed by atoms with Gasteiger partial charge in [-0.3, -0.25) is 10.1 Å². The van der Waals surface area contributed by atoms with Gasteiger partial charge in [-0.1, -0.05) is 31.2 Å². The third-order valence-corrected chi connectivity index (χ3v) is 2.86. The number of nitro benzene ring substituents is 1. The molecule has 1 aromatic carbocycles. The molecule has 2 rings (SSSR count).